The number of rotatable bonds is 10. The zero-order valence-corrected chi connectivity index (χ0v) is 40.5. The van der Waals surface area contributed by atoms with Crippen LogP contribution in [0.1, 0.15) is 17.2 Å². The Kier molecular flexibility index (Phi) is 16.4. The van der Waals surface area contributed by atoms with Gasteiger partial charge in [-0.1, -0.05) is 237 Å². The molecule has 322 valence electrons. The minimum absolute atomic E-state index is 0.247. The van der Waals surface area contributed by atoms with Crippen LogP contribution in [0, 0.1) is 6.04 Å². The van der Waals surface area contributed by atoms with Crippen molar-refractivity contribution < 1.29 is 15.1 Å². The Morgan fingerprint density at radius 2 is 0.662 bits per heavy atom. The second-order valence-corrected chi connectivity index (χ2v) is 22.1. The van der Waals surface area contributed by atoms with Crippen LogP contribution in [0.15, 0.2) is 255 Å². The molecule has 0 fully saturated rings. The van der Waals surface area contributed by atoms with E-state index in [1.54, 1.807) is 0 Å². The SMILES string of the molecule is N[C-](c1ccccc1)C(N)c1ccccc1.[Cl][Ru][Cl].c1ccc(P(c2ccccc2)c2ccc3ccccc3c2-c2c(P(c3ccccc3)c3ccccc3)ccc3ccccc23)cc1. The molecule has 0 heterocycles. The van der Waals surface area contributed by atoms with E-state index in [1.807, 2.05) is 60.7 Å². The summed E-state index contributed by atoms with van der Waals surface area (Å²) in [4.78, 5) is 0. The molecule has 10 rings (SSSR count). The summed E-state index contributed by atoms with van der Waals surface area (Å²) >= 11 is -0.346. The van der Waals surface area contributed by atoms with E-state index >= 15 is 0 Å². The maximum atomic E-state index is 6.11. The van der Waals surface area contributed by atoms with E-state index in [1.165, 1.54) is 64.5 Å². The molecule has 0 aliphatic carbocycles. The number of hydrogen-bond donors (Lipinski definition) is 2. The number of benzene rings is 10. The van der Waals surface area contributed by atoms with Crippen LogP contribution in [-0.2, 0) is 15.1 Å². The van der Waals surface area contributed by atoms with Crippen LogP contribution in [0.25, 0.3) is 32.7 Å². The average Bonchev–Trinajstić information content (AvgIpc) is 3.38. The van der Waals surface area contributed by atoms with Crippen LogP contribution in [0.5, 0.6) is 0 Å². The fraction of sp³-hybridized carbons (Fsp3) is 0.0172. The van der Waals surface area contributed by atoms with Gasteiger partial charge in [0.25, 0.3) is 0 Å². The first-order chi connectivity index (χ1) is 32.1. The van der Waals surface area contributed by atoms with Gasteiger partial charge in [0.1, 0.15) is 0 Å². The molecule has 65 heavy (non-hydrogen) atoms. The minimum atomic E-state index is -0.852. The monoisotopic (exact) mass is 1010 g/mol. The van der Waals surface area contributed by atoms with Crippen molar-refractivity contribution in [3.8, 4) is 11.1 Å². The summed E-state index contributed by atoms with van der Waals surface area (Å²) in [6.45, 7) is 0. The molecule has 10 aromatic carbocycles. The van der Waals surface area contributed by atoms with Crippen molar-refractivity contribution in [2.75, 3.05) is 0 Å². The largest absolute Gasteiger partial charge is 0.0622 e. The quantitative estimate of drug-likeness (QED) is 0.0815. The Balaban J connectivity index is 0.000000253. The molecule has 2 nitrogen and oxygen atoms in total. The number of fused-ring (bicyclic) bond motifs is 2. The van der Waals surface area contributed by atoms with Gasteiger partial charge in [-0.3, -0.25) is 0 Å². The Labute approximate surface area is 401 Å². The van der Waals surface area contributed by atoms with Crippen LogP contribution < -0.4 is 43.3 Å². The van der Waals surface area contributed by atoms with E-state index < -0.39 is 15.8 Å². The first kappa shape index (κ1) is 46.1. The summed E-state index contributed by atoms with van der Waals surface area (Å²) < 4.78 is 0. The third-order valence-corrected chi connectivity index (χ3v) is 16.2. The fourth-order valence-corrected chi connectivity index (χ4v) is 13.2. The second kappa shape index (κ2) is 23.2. The Morgan fingerprint density at radius 3 is 1.02 bits per heavy atom. The predicted octanol–water partition coefficient (Wildman–Crippen LogP) is 12.8. The van der Waals surface area contributed by atoms with Crippen molar-refractivity contribution in [3.63, 3.8) is 0 Å². The molecule has 7 heteroatoms. The second-order valence-electron chi connectivity index (χ2n) is 15.1. The van der Waals surface area contributed by atoms with Gasteiger partial charge in [0.05, 0.1) is 0 Å². The standard InChI is InChI=1S/C44H32P2.C14H15N2.2ClH.Ru/c1-5-19-35(20-6-1)45(36-21-7-2-8-22-36)41-31-29-33-17-13-15-27-39(33)43(41)44-40-28-16-14-18-34(40)30-32-42(44)46(37-23-9-3-10-24-37)38-25-11-4-12-26-38;15-13(11-7-3-1-4-8-11)14(16)12-9-5-2-6-10-12;;;/h1-32H;1-10,13H,15-16H2;2*1H;/q;-1;;;+2/p-2. The molecule has 0 bridgehead atoms. The number of hydrogen-bond acceptors (Lipinski definition) is 2. The molecule has 1 atom stereocenters. The van der Waals surface area contributed by atoms with Gasteiger partial charge >= 0.3 is 34.5 Å². The van der Waals surface area contributed by atoms with E-state index in [4.69, 9.17) is 30.8 Å². The third-order valence-electron chi connectivity index (χ3n) is 11.2. The molecular formula is C58H47Cl2N2P2Ru-. The molecule has 0 amide bonds. The maximum absolute atomic E-state index is 6.11. The van der Waals surface area contributed by atoms with Gasteiger partial charge in [0, 0.05) is 6.04 Å². The number of nitrogens with two attached hydrogens (primary N) is 2. The van der Waals surface area contributed by atoms with Crippen molar-refractivity contribution in [2.45, 2.75) is 6.04 Å². The van der Waals surface area contributed by atoms with E-state index in [9.17, 15) is 0 Å². The van der Waals surface area contributed by atoms with E-state index in [2.05, 4.69) is 194 Å². The minimum Gasteiger partial charge on any atom is -0.0622 e. The van der Waals surface area contributed by atoms with Crippen LogP contribution >= 0.6 is 35.2 Å². The van der Waals surface area contributed by atoms with Gasteiger partial charge in [-0.05, 0) is 85.9 Å². The summed E-state index contributed by atoms with van der Waals surface area (Å²) in [7, 11) is 8.00. The molecule has 1 unspecified atom stereocenters. The molecule has 0 aromatic heterocycles. The average molecular weight is 1010 g/mol. The zero-order valence-electron chi connectivity index (χ0n) is 35.5. The Morgan fingerprint density at radius 1 is 0.369 bits per heavy atom. The Bertz CT molecular complexity index is 2740. The Hall–Kier alpha value is -5.43. The van der Waals surface area contributed by atoms with Crippen LogP contribution in [-0.4, -0.2) is 0 Å². The van der Waals surface area contributed by atoms with Gasteiger partial charge in [0.2, 0.25) is 0 Å². The van der Waals surface area contributed by atoms with Crippen molar-refractivity contribution in [2.24, 2.45) is 11.5 Å². The summed E-state index contributed by atoms with van der Waals surface area (Å²) in [5.74, 6) is 0. The van der Waals surface area contributed by atoms with Crippen molar-refractivity contribution in [1.29, 1.82) is 0 Å². The third kappa shape index (κ3) is 11.0. The van der Waals surface area contributed by atoms with Crippen LogP contribution in [0.3, 0.4) is 0 Å². The molecule has 0 aliphatic rings. The summed E-state index contributed by atoms with van der Waals surface area (Å²) in [6, 6.07) is 92.0. The first-order valence-electron chi connectivity index (χ1n) is 21.2. The van der Waals surface area contributed by atoms with Gasteiger partial charge in [-0.25, -0.2) is 0 Å². The summed E-state index contributed by atoms with van der Waals surface area (Å²) in [6.07, 6.45) is 0. The molecule has 0 aliphatic heterocycles. The van der Waals surface area contributed by atoms with Crippen molar-refractivity contribution in [3.05, 3.63) is 272 Å². The van der Waals surface area contributed by atoms with Crippen LogP contribution in [0.2, 0.25) is 0 Å². The fourth-order valence-electron chi connectivity index (χ4n) is 8.23. The molecule has 0 saturated carbocycles. The van der Waals surface area contributed by atoms with Gasteiger partial charge < -0.3 is 11.5 Å². The van der Waals surface area contributed by atoms with Crippen molar-refractivity contribution >= 4 is 88.6 Å². The van der Waals surface area contributed by atoms with Gasteiger partial charge in [0.15, 0.2) is 0 Å². The molecule has 0 saturated heterocycles. The van der Waals surface area contributed by atoms with Crippen molar-refractivity contribution in [1.82, 2.24) is 0 Å². The van der Waals surface area contributed by atoms with Crippen LogP contribution in [0.4, 0.5) is 0 Å². The number of halogens is 2. The van der Waals surface area contributed by atoms with Gasteiger partial charge in [-0.2, -0.15) is 17.7 Å². The normalized spacial score (nSPS) is 11.4. The van der Waals surface area contributed by atoms with Gasteiger partial charge in [-0.15, -0.1) is 12.1 Å². The summed E-state index contributed by atoms with van der Waals surface area (Å²) in [5, 5.41) is 13.3. The smallest absolute Gasteiger partial charge is 0.000884 e. The molecule has 10 aromatic rings. The molecule has 4 N–H and O–H groups in total. The topological polar surface area (TPSA) is 52.0 Å². The first-order valence-corrected chi connectivity index (χ1v) is 28.4. The predicted molar refractivity (Wildman–Crippen MR) is 282 cm³/mol. The van der Waals surface area contributed by atoms with E-state index in [0.717, 1.165) is 11.1 Å². The van der Waals surface area contributed by atoms with E-state index in [0.29, 0.717) is 6.04 Å². The zero-order chi connectivity index (χ0) is 44.8. The summed E-state index contributed by atoms with van der Waals surface area (Å²) in [5.41, 5.74) is 16.9. The maximum Gasteiger partial charge on any atom is -0.000884 e. The molecule has 0 radical (unpaired) electrons. The molecule has 0 spiro atoms. The van der Waals surface area contributed by atoms with E-state index in [-0.39, 0.29) is 21.2 Å². The molecular weight excluding hydrogens is 959 g/mol.